The van der Waals surface area contributed by atoms with E-state index < -0.39 is 10.0 Å². The van der Waals surface area contributed by atoms with Crippen LogP contribution in [0.3, 0.4) is 0 Å². The van der Waals surface area contributed by atoms with Crippen molar-refractivity contribution in [1.82, 2.24) is 4.31 Å². The highest BCUT2D eigenvalue weighted by atomic mass is 35.5. The maximum absolute atomic E-state index is 12.2. The zero-order valence-corrected chi connectivity index (χ0v) is 12.6. The number of sulfonamides is 1. The van der Waals surface area contributed by atoms with E-state index in [9.17, 15) is 8.42 Å². The second-order valence-corrected chi connectivity index (χ2v) is 7.22. The van der Waals surface area contributed by atoms with Crippen LogP contribution in [0.15, 0.2) is 29.2 Å². The molecule has 0 fully saturated rings. The van der Waals surface area contributed by atoms with Gasteiger partial charge in [-0.25, -0.2) is 12.7 Å². The van der Waals surface area contributed by atoms with Gasteiger partial charge in [-0.05, 0) is 24.5 Å². The third kappa shape index (κ3) is 3.70. The largest absolute Gasteiger partial charge is 0.242 e. The van der Waals surface area contributed by atoms with Crippen LogP contribution in [-0.2, 0) is 16.4 Å². The van der Waals surface area contributed by atoms with Crippen LogP contribution in [0.1, 0.15) is 25.3 Å². The molecular weight excluding hydrogens is 270 g/mol. The van der Waals surface area contributed by atoms with Crippen LogP contribution in [-0.4, -0.2) is 32.2 Å². The Morgan fingerprint density at radius 1 is 1.28 bits per heavy atom. The molecule has 18 heavy (non-hydrogen) atoms. The lowest BCUT2D eigenvalue weighted by Gasteiger charge is -2.16. The maximum atomic E-state index is 12.2. The Kier molecular flexibility index (Phi) is 5.63. The van der Waals surface area contributed by atoms with Crippen molar-refractivity contribution < 1.29 is 8.42 Å². The average molecular weight is 290 g/mol. The molecule has 0 radical (unpaired) electrons. The summed E-state index contributed by atoms with van der Waals surface area (Å²) >= 11 is 6.21. The van der Waals surface area contributed by atoms with E-state index >= 15 is 0 Å². The molecule has 5 heteroatoms. The number of hydrogen-bond acceptors (Lipinski definition) is 2. The second-order valence-electron chi connectivity index (χ2n) is 4.49. The Balaban J connectivity index is 3.08. The van der Waals surface area contributed by atoms with Crippen LogP contribution in [0.25, 0.3) is 0 Å². The molecule has 0 aliphatic rings. The van der Waals surface area contributed by atoms with Gasteiger partial charge in [-0.3, -0.25) is 0 Å². The third-order valence-electron chi connectivity index (χ3n) is 2.77. The Labute approximate surface area is 115 Å². The number of alkyl halides is 1. The molecule has 0 saturated heterocycles. The predicted octanol–water partition coefficient (Wildman–Crippen LogP) is 2.89. The van der Waals surface area contributed by atoms with Crippen molar-refractivity contribution >= 4 is 21.6 Å². The fourth-order valence-corrected chi connectivity index (χ4v) is 3.29. The Hall–Kier alpha value is -0.580. The Bertz CT molecular complexity index is 486. The van der Waals surface area contributed by atoms with E-state index in [2.05, 4.69) is 6.92 Å². The monoisotopic (exact) mass is 289 g/mol. The van der Waals surface area contributed by atoms with Crippen molar-refractivity contribution in [3.8, 4) is 0 Å². The second kappa shape index (κ2) is 6.55. The first-order valence-corrected chi connectivity index (χ1v) is 7.91. The number of benzene rings is 1. The minimum Gasteiger partial charge on any atom is -0.207 e. The summed E-state index contributed by atoms with van der Waals surface area (Å²) in [4.78, 5) is 0.358. The maximum Gasteiger partial charge on any atom is 0.242 e. The molecule has 0 N–H and O–H groups in total. The van der Waals surface area contributed by atoms with Crippen LogP contribution >= 0.6 is 11.6 Å². The van der Waals surface area contributed by atoms with Crippen molar-refractivity contribution in [2.75, 3.05) is 14.1 Å². The number of rotatable bonds is 6. The summed E-state index contributed by atoms with van der Waals surface area (Å²) in [5, 5.41) is -0.0199. The predicted molar refractivity (Wildman–Crippen MR) is 75.6 cm³/mol. The molecule has 0 aliphatic carbocycles. The summed E-state index contributed by atoms with van der Waals surface area (Å²) in [7, 11) is -0.317. The first kappa shape index (κ1) is 15.5. The molecule has 0 amide bonds. The zero-order chi connectivity index (χ0) is 13.8. The van der Waals surface area contributed by atoms with Gasteiger partial charge in [-0.2, -0.15) is 0 Å². The van der Waals surface area contributed by atoms with E-state index in [0.717, 1.165) is 18.4 Å². The molecule has 1 unspecified atom stereocenters. The van der Waals surface area contributed by atoms with E-state index in [0.29, 0.717) is 11.3 Å². The van der Waals surface area contributed by atoms with Gasteiger partial charge in [0.15, 0.2) is 0 Å². The van der Waals surface area contributed by atoms with E-state index in [1.807, 2.05) is 12.1 Å². The number of nitrogens with zero attached hydrogens (tertiary/aromatic N) is 1. The van der Waals surface area contributed by atoms with Crippen LogP contribution in [0.4, 0.5) is 0 Å². The summed E-state index contributed by atoms with van der Waals surface area (Å²) in [5.74, 6) is 0. The Morgan fingerprint density at radius 2 is 1.89 bits per heavy atom. The van der Waals surface area contributed by atoms with Crippen molar-refractivity contribution in [3.05, 3.63) is 29.8 Å². The normalized spacial score (nSPS) is 13.8. The minimum absolute atomic E-state index is 0.0199. The van der Waals surface area contributed by atoms with E-state index in [1.54, 1.807) is 12.1 Å². The summed E-state index contributed by atoms with van der Waals surface area (Å²) in [6.45, 7) is 2.07. The van der Waals surface area contributed by atoms with Gasteiger partial charge in [0.05, 0.1) is 4.90 Å². The van der Waals surface area contributed by atoms with Gasteiger partial charge < -0.3 is 0 Å². The SMILES string of the molecule is CCCC(Cl)Cc1ccccc1S(=O)(=O)N(C)C. The number of halogens is 1. The van der Waals surface area contributed by atoms with Crippen molar-refractivity contribution in [2.45, 2.75) is 36.5 Å². The molecule has 0 aliphatic heterocycles. The van der Waals surface area contributed by atoms with Gasteiger partial charge in [-0.15, -0.1) is 11.6 Å². The Morgan fingerprint density at radius 3 is 2.44 bits per heavy atom. The molecule has 1 aromatic rings. The van der Waals surface area contributed by atoms with Gasteiger partial charge >= 0.3 is 0 Å². The molecule has 0 aromatic heterocycles. The van der Waals surface area contributed by atoms with Crippen molar-refractivity contribution in [2.24, 2.45) is 0 Å². The molecule has 0 bridgehead atoms. The summed E-state index contributed by atoms with van der Waals surface area (Å²) in [5.41, 5.74) is 0.791. The highest BCUT2D eigenvalue weighted by Crippen LogP contribution is 2.22. The summed E-state index contributed by atoms with van der Waals surface area (Å²) in [6, 6.07) is 7.06. The van der Waals surface area contributed by atoms with Crippen molar-refractivity contribution in [1.29, 1.82) is 0 Å². The zero-order valence-electron chi connectivity index (χ0n) is 11.1. The standard InChI is InChI=1S/C13H20ClNO2S/c1-4-7-12(14)10-11-8-5-6-9-13(11)18(16,17)15(2)3/h5-6,8-9,12H,4,7,10H2,1-3H3. The van der Waals surface area contributed by atoms with Crippen LogP contribution in [0.5, 0.6) is 0 Å². The molecule has 0 saturated carbocycles. The molecule has 3 nitrogen and oxygen atoms in total. The van der Waals surface area contributed by atoms with Gasteiger partial charge in [0.1, 0.15) is 0 Å². The van der Waals surface area contributed by atoms with Crippen molar-refractivity contribution in [3.63, 3.8) is 0 Å². The summed E-state index contributed by atoms with van der Waals surface area (Å²) < 4.78 is 25.6. The van der Waals surface area contributed by atoms with Gasteiger partial charge in [0.25, 0.3) is 0 Å². The minimum atomic E-state index is -3.39. The molecule has 1 aromatic carbocycles. The van der Waals surface area contributed by atoms with Crippen LogP contribution < -0.4 is 0 Å². The first-order valence-electron chi connectivity index (χ1n) is 6.04. The van der Waals surface area contributed by atoms with Crippen LogP contribution in [0, 0.1) is 0 Å². The van der Waals surface area contributed by atoms with Crippen LogP contribution in [0.2, 0.25) is 0 Å². The van der Waals surface area contributed by atoms with Gasteiger partial charge in [0, 0.05) is 19.5 Å². The lowest BCUT2D eigenvalue weighted by molar-refractivity contribution is 0.519. The number of hydrogen-bond donors (Lipinski definition) is 0. The van der Waals surface area contributed by atoms with Gasteiger partial charge in [0.2, 0.25) is 10.0 Å². The van der Waals surface area contributed by atoms with E-state index in [1.165, 1.54) is 18.4 Å². The lowest BCUT2D eigenvalue weighted by Crippen LogP contribution is -2.24. The smallest absolute Gasteiger partial charge is 0.207 e. The van der Waals surface area contributed by atoms with E-state index in [4.69, 9.17) is 11.6 Å². The highest BCUT2D eigenvalue weighted by molar-refractivity contribution is 7.89. The quantitative estimate of drug-likeness (QED) is 0.755. The third-order valence-corrected chi connectivity index (χ3v) is 5.06. The first-order chi connectivity index (χ1) is 8.39. The topological polar surface area (TPSA) is 37.4 Å². The molecule has 1 rings (SSSR count). The molecule has 102 valence electrons. The average Bonchev–Trinajstić information content (AvgIpc) is 2.29. The fourth-order valence-electron chi connectivity index (χ4n) is 1.77. The van der Waals surface area contributed by atoms with Gasteiger partial charge in [-0.1, -0.05) is 31.5 Å². The summed E-state index contributed by atoms with van der Waals surface area (Å²) in [6.07, 6.45) is 2.47. The fraction of sp³-hybridized carbons (Fsp3) is 0.538. The lowest BCUT2D eigenvalue weighted by atomic mass is 10.1. The highest BCUT2D eigenvalue weighted by Gasteiger charge is 2.21. The molecular formula is C13H20ClNO2S. The molecule has 1 atom stereocenters. The molecule has 0 heterocycles. The van der Waals surface area contributed by atoms with E-state index in [-0.39, 0.29) is 5.38 Å². The molecule has 0 spiro atoms.